The monoisotopic (exact) mass is 388 g/mol. The van der Waals surface area contributed by atoms with E-state index < -0.39 is 0 Å². The summed E-state index contributed by atoms with van der Waals surface area (Å²) in [4.78, 5) is 10.1. The van der Waals surface area contributed by atoms with Gasteiger partial charge in [0.25, 0.3) is 0 Å². The van der Waals surface area contributed by atoms with E-state index in [4.69, 9.17) is 21.4 Å². The molecule has 4 aromatic carbocycles. The minimum absolute atomic E-state index is 0.660. The Hall–Kier alpha value is -4.18. The Kier molecular flexibility index (Phi) is 4.37. The van der Waals surface area contributed by atoms with E-state index in [1.807, 2.05) is 72.8 Å². The second kappa shape index (κ2) is 7.33. The second-order valence-corrected chi connectivity index (χ2v) is 7.17. The molecule has 0 atom stereocenters. The minimum atomic E-state index is 0.660. The lowest BCUT2D eigenvalue weighted by atomic mass is 9.99. The van der Waals surface area contributed by atoms with Gasteiger partial charge >= 0.3 is 0 Å². The normalized spacial score (nSPS) is 10.9. The van der Waals surface area contributed by atoms with Gasteiger partial charge in [0.05, 0.1) is 22.4 Å². The predicted octanol–water partition coefficient (Wildman–Crippen LogP) is 5.80. The van der Waals surface area contributed by atoms with Gasteiger partial charge in [-0.3, -0.25) is 0 Å². The van der Waals surface area contributed by atoms with Gasteiger partial charge in [0.2, 0.25) is 0 Å². The molecule has 0 aliphatic carbocycles. The van der Waals surface area contributed by atoms with Gasteiger partial charge in [-0.1, -0.05) is 72.8 Å². The van der Waals surface area contributed by atoms with Gasteiger partial charge in [0.15, 0.2) is 0 Å². The third-order valence-corrected chi connectivity index (χ3v) is 5.16. The number of benzene rings is 4. The topological polar surface area (TPSA) is 77.8 Å². The number of rotatable bonds is 3. The van der Waals surface area contributed by atoms with Crippen molar-refractivity contribution in [3.8, 4) is 33.6 Å². The molecule has 0 aliphatic heterocycles. The maximum Gasteiger partial charge on any atom is 0.0993 e. The van der Waals surface area contributed by atoms with Crippen LogP contribution in [0.3, 0.4) is 0 Å². The Morgan fingerprint density at radius 3 is 1.67 bits per heavy atom. The van der Waals surface area contributed by atoms with E-state index >= 15 is 0 Å². The number of nitrogens with two attached hydrogens (primary N) is 2. The van der Waals surface area contributed by atoms with Crippen LogP contribution in [0.25, 0.3) is 44.7 Å². The summed E-state index contributed by atoms with van der Waals surface area (Å²) in [7, 11) is 0. The van der Waals surface area contributed by atoms with Gasteiger partial charge in [0.1, 0.15) is 0 Å². The van der Waals surface area contributed by atoms with Crippen LogP contribution in [0.2, 0.25) is 0 Å². The summed E-state index contributed by atoms with van der Waals surface area (Å²) in [5, 5.41) is 0. The molecule has 0 saturated heterocycles. The van der Waals surface area contributed by atoms with Gasteiger partial charge in [-0.15, -0.1) is 0 Å². The maximum atomic E-state index is 6.40. The van der Waals surface area contributed by atoms with Crippen molar-refractivity contribution in [2.24, 2.45) is 0 Å². The number of hydrogen-bond donors (Lipinski definition) is 2. The fourth-order valence-corrected chi connectivity index (χ4v) is 3.69. The number of anilines is 2. The summed E-state index contributed by atoms with van der Waals surface area (Å²) in [6.45, 7) is 0. The summed E-state index contributed by atoms with van der Waals surface area (Å²) in [5.41, 5.74) is 20.8. The van der Waals surface area contributed by atoms with E-state index in [0.29, 0.717) is 11.4 Å². The van der Waals surface area contributed by atoms with Crippen LogP contribution in [-0.4, -0.2) is 9.97 Å². The van der Waals surface area contributed by atoms with Crippen molar-refractivity contribution in [3.63, 3.8) is 0 Å². The first-order valence-electron chi connectivity index (χ1n) is 9.78. The standard InChI is InChI=1S/C26H20N4/c27-20-13-11-17(12-14-20)23-21(28)15-16-22-26(23)30-25(19-9-5-2-6-10-19)24(29-22)18-7-3-1-4-8-18/h1-16H,27-28H2. The third kappa shape index (κ3) is 3.14. The molecule has 0 radical (unpaired) electrons. The van der Waals surface area contributed by atoms with Crippen molar-refractivity contribution < 1.29 is 0 Å². The summed E-state index contributed by atoms with van der Waals surface area (Å²) >= 11 is 0. The number of hydrogen-bond acceptors (Lipinski definition) is 4. The van der Waals surface area contributed by atoms with Crippen LogP contribution >= 0.6 is 0 Å². The number of nitrogen functional groups attached to an aromatic ring is 2. The molecule has 4 heteroatoms. The van der Waals surface area contributed by atoms with Crippen LogP contribution in [0.15, 0.2) is 97.1 Å². The average Bonchev–Trinajstić information content (AvgIpc) is 2.80. The summed E-state index contributed by atoms with van der Waals surface area (Å²) in [6.07, 6.45) is 0. The van der Waals surface area contributed by atoms with Gasteiger partial charge in [-0.2, -0.15) is 0 Å². The molecular weight excluding hydrogens is 368 g/mol. The second-order valence-electron chi connectivity index (χ2n) is 7.17. The highest BCUT2D eigenvalue weighted by Crippen LogP contribution is 2.37. The number of nitrogens with zero attached hydrogens (tertiary/aromatic N) is 2. The Labute approximate surface area is 174 Å². The zero-order chi connectivity index (χ0) is 20.5. The lowest BCUT2D eigenvalue weighted by Crippen LogP contribution is -1.99. The molecule has 4 nitrogen and oxygen atoms in total. The molecule has 4 N–H and O–H groups in total. The average molecular weight is 388 g/mol. The quantitative estimate of drug-likeness (QED) is 0.383. The molecule has 0 saturated carbocycles. The molecule has 30 heavy (non-hydrogen) atoms. The fourth-order valence-electron chi connectivity index (χ4n) is 3.69. The van der Waals surface area contributed by atoms with E-state index in [0.717, 1.165) is 44.7 Å². The number of fused-ring (bicyclic) bond motifs is 1. The van der Waals surface area contributed by atoms with Crippen LogP contribution < -0.4 is 11.5 Å². The van der Waals surface area contributed by atoms with Crippen molar-refractivity contribution in [1.82, 2.24) is 9.97 Å². The van der Waals surface area contributed by atoms with Crippen LogP contribution in [-0.2, 0) is 0 Å². The Morgan fingerprint density at radius 2 is 1.07 bits per heavy atom. The molecular formula is C26H20N4. The van der Waals surface area contributed by atoms with Crippen molar-refractivity contribution in [2.45, 2.75) is 0 Å². The van der Waals surface area contributed by atoms with E-state index in [2.05, 4.69) is 24.3 Å². The Bertz CT molecular complexity index is 1330. The lowest BCUT2D eigenvalue weighted by Gasteiger charge is -2.14. The van der Waals surface area contributed by atoms with E-state index in [1.54, 1.807) is 0 Å². The largest absolute Gasteiger partial charge is 0.399 e. The van der Waals surface area contributed by atoms with E-state index in [1.165, 1.54) is 0 Å². The van der Waals surface area contributed by atoms with Crippen LogP contribution in [0.5, 0.6) is 0 Å². The summed E-state index contributed by atoms with van der Waals surface area (Å²) in [5.74, 6) is 0. The molecule has 0 bridgehead atoms. The van der Waals surface area contributed by atoms with E-state index in [-0.39, 0.29) is 0 Å². The summed E-state index contributed by atoms with van der Waals surface area (Å²) < 4.78 is 0. The van der Waals surface area contributed by atoms with Gasteiger partial charge < -0.3 is 11.5 Å². The molecule has 5 rings (SSSR count). The predicted molar refractivity (Wildman–Crippen MR) is 125 cm³/mol. The highest BCUT2D eigenvalue weighted by atomic mass is 14.8. The molecule has 1 aromatic heterocycles. The summed E-state index contributed by atoms with van der Waals surface area (Å²) in [6, 6.07) is 31.8. The third-order valence-electron chi connectivity index (χ3n) is 5.16. The SMILES string of the molecule is Nc1ccc(-c2c(N)ccc3nc(-c4ccccc4)c(-c4ccccc4)nc23)cc1. The number of aromatic nitrogens is 2. The first-order valence-corrected chi connectivity index (χ1v) is 9.78. The first kappa shape index (κ1) is 17.9. The molecule has 0 amide bonds. The van der Waals surface area contributed by atoms with Gasteiger partial charge in [-0.25, -0.2) is 9.97 Å². The molecule has 0 aliphatic rings. The molecule has 0 spiro atoms. The van der Waals surface area contributed by atoms with Gasteiger partial charge in [-0.05, 0) is 29.8 Å². The molecule has 1 heterocycles. The van der Waals surface area contributed by atoms with Crippen molar-refractivity contribution in [3.05, 3.63) is 97.1 Å². The van der Waals surface area contributed by atoms with Crippen LogP contribution in [0.4, 0.5) is 11.4 Å². The lowest BCUT2D eigenvalue weighted by molar-refractivity contribution is 1.29. The smallest absolute Gasteiger partial charge is 0.0993 e. The van der Waals surface area contributed by atoms with Crippen LogP contribution in [0.1, 0.15) is 0 Å². The van der Waals surface area contributed by atoms with E-state index in [9.17, 15) is 0 Å². The Balaban J connectivity index is 1.85. The highest BCUT2D eigenvalue weighted by Gasteiger charge is 2.17. The van der Waals surface area contributed by atoms with Crippen molar-refractivity contribution >= 4 is 22.4 Å². The highest BCUT2D eigenvalue weighted by molar-refractivity contribution is 6.00. The Morgan fingerprint density at radius 1 is 0.500 bits per heavy atom. The fraction of sp³-hybridized carbons (Fsp3) is 0. The molecule has 144 valence electrons. The zero-order valence-corrected chi connectivity index (χ0v) is 16.3. The maximum absolute atomic E-state index is 6.40. The molecule has 5 aromatic rings. The van der Waals surface area contributed by atoms with Crippen LogP contribution in [0, 0.1) is 0 Å². The molecule has 0 unspecified atom stereocenters. The first-order chi connectivity index (χ1) is 14.7. The van der Waals surface area contributed by atoms with Gasteiger partial charge in [0, 0.05) is 28.1 Å². The van der Waals surface area contributed by atoms with Crippen molar-refractivity contribution in [2.75, 3.05) is 11.5 Å². The van der Waals surface area contributed by atoms with Crippen molar-refractivity contribution in [1.29, 1.82) is 0 Å². The zero-order valence-electron chi connectivity index (χ0n) is 16.3. The minimum Gasteiger partial charge on any atom is -0.399 e. The molecule has 0 fully saturated rings.